The summed E-state index contributed by atoms with van der Waals surface area (Å²) in [6.45, 7) is 4.39. The third-order valence-electron chi connectivity index (χ3n) is 2.61. The van der Waals surface area contributed by atoms with Crippen LogP contribution in [0.5, 0.6) is 0 Å². The zero-order valence-corrected chi connectivity index (χ0v) is 10.0. The van der Waals surface area contributed by atoms with Gasteiger partial charge < -0.3 is 10.4 Å². The van der Waals surface area contributed by atoms with E-state index in [1.165, 1.54) is 12.3 Å². The number of aliphatic carboxylic acids is 1. The van der Waals surface area contributed by atoms with Crippen LogP contribution in [0.25, 0.3) is 0 Å². The van der Waals surface area contributed by atoms with Crippen molar-refractivity contribution in [3.63, 3.8) is 0 Å². The first-order valence-electron chi connectivity index (χ1n) is 5.56. The molecule has 1 aromatic heterocycles. The molecular weight excluding hydrogens is 223 g/mol. The smallest absolute Gasteiger partial charge is 0.305 e. The van der Waals surface area contributed by atoms with Crippen LogP contribution in [0.1, 0.15) is 32.3 Å². The molecular formula is C12H17FN2O2. The van der Waals surface area contributed by atoms with Crippen molar-refractivity contribution in [1.82, 2.24) is 10.3 Å². The van der Waals surface area contributed by atoms with Gasteiger partial charge in [0.05, 0.1) is 18.2 Å². The van der Waals surface area contributed by atoms with Gasteiger partial charge in [-0.2, -0.15) is 0 Å². The van der Waals surface area contributed by atoms with E-state index in [0.717, 1.165) is 12.6 Å². The third kappa shape index (κ3) is 3.78. The van der Waals surface area contributed by atoms with Gasteiger partial charge in [-0.1, -0.05) is 6.92 Å². The number of rotatable bonds is 6. The minimum Gasteiger partial charge on any atom is -0.481 e. The zero-order valence-electron chi connectivity index (χ0n) is 10.0. The molecule has 5 heteroatoms. The lowest BCUT2D eigenvalue weighted by atomic mass is 9.89. The van der Waals surface area contributed by atoms with Crippen molar-refractivity contribution >= 4 is 5.97 Å². The van der Waals surface area contributed by atoms with Crippen molar-refractivity contribution in [3.05, 3.63) is 29.8 Å². The molecule has 1 unspecified atom stereocenters. The Balaban J connectivity index is 2.99. The lowest BCUT2D eigenvalue weighted by molar-refractivity contribution is -0.138. The summed E-state index contributed by atoms with van der Waals surface area (Å²) in [4.78, 5) is 14.6. The van der Waals surface area contributed by atoms with Crippen molar-refractivity contribution < 1.29 is 14.3 Å². The van der Waals surface area contributed by atoms with E-state index in [-0.39, 0.29) is 6.42 Å². The Hall–Kier alpha value is -1.49. The van der Waals surface area contributed by atoms with E-state index in [2.05, 4.69) is 10.3 Å². The molecule has 0 aromatic carbocycles. The molecule has 0 aliphatic rings. The number of hydrogen-bond acceptors (Lipinski definition) is 3. The molecule has 2 N–H and O–H groups in total. The standard InChI is InChI=1S/C12H17FN2O2/c1-3-4-15-12(2,6-11(16)17)9-5-10(13)8-14-7-9/h5,7-8,15H,3-4,6H2,1-2H3,(H,16,17). The van der Waals surface area contributed by atoms with Gasteiger partial charge in [-0.05, 0) is 31.5 Å². The number of pyridine rings is 1. The molecule has 1 rings (SSSR count). The van der Waals surface area contributed by atoms with E-state index in [1.807, 2.05) is 6.92 Å². The maximum Gasteiger partial charge on any atom is 0.305 e. The van der Waals surface area contributed by atoms with Crippen LogP contribution in [-0.2, 0) is 10.3 Å². The van der Waals surface area contributed by atoms with Gasteiger partial charge >= 0.3 is 5.97 Å². The molecule has 94 valence electrons. The molecule has 0 saturated heterocycles. The largest absolute Gasteiger partial charge is 0.481 e. The first kappa shape index (κ1) is 13.6. The first-order chi connectivity index (χ1) is 7.98. The highest BCUT2D eigenvalue weighted by Crippen LogP contribution is 2.24. The van der Waals surface area contributed by atoms with Gasteiger partial charge in [0.1, 0.15) is 5.82 Å². The quantitative estimate of drug-likeness (QED) is 0.797. The van der Waals surface area contributed by atoms with E-state index in [4.69, 9.17) is 5.11 Å². The summed E-state index contributed by atoms with van der Waals surface area (Å²) in [6.07, 6.45) is 3.36. The fourth-order valence-electron chi connectivity index (χ4n) is 1.68. The Morgan fingerprint density at radius 3 is 2.82 bits per heavy atom. The molecule has 0 aliphatic carbocycles. The van der Waals surface area contributed by atoms with Crippen molar-refractivity contribution in [2.45, 2.75) is 32.2 Å². The van der Waals surface area contributed by atoms with Crippen LogP contribution >= 0.6 is 0 Å². The third-order valence-corrected chi connectivity index (χ3v) is 2.61. The molecule has 0 amide bonds. The molecule has 0 spiro atoms. The van der Waals surface area contributed by atoms with Crippen molar-refractivity contribution in [1.29, 1.82) is 0 Å². The number of nitrogens with one attached hydrogen (secondary N) is 1. The number of carbonyl (C=O) groups is 1. The highest BCUT2D eigenvalue weighted by Gasteiger charge is 2.29. The van der Waals surface area contributed by atoms with Gasteiger partial charge in [0.25, 0.3) is 0 Å². The molecule has 1 atom stereocenters. The summed E-state index contributed by atoms with van der Waals surface area (Å²) in [5.74, 6) is -1.39. The van der Waals surface area contributed by atoms with Crippen molar-refractivity contribution in [3.8, 4) is 0 Å². The average Bonchev–Trinajstić information content (AvgIpc) is 2.25. The molecule has 0 aliphatic heterocycles. The maximum absolute atomic E-state index is 13.1. The van der Waals surface area contributed by atoms with Crippen molar-refractivity contribution in [2.24, 2.45) is 0 Å². The van der Waals surface area contributed by atoms with Crippen LogP contribution < -0.4 is 5.32 Å². The summed E-state index contributed by atoms with van der Waals surface area (Å²) in [5.41, 5.74) is -0.245. The molecule has 0 radical (unpaired) electrons. The predicted molar refractivity (Wildman–Crippen MR) is 62.1 cm³/mol. The van der Waals surface area contributed by atoms with Gasteiger partial charge in [-0.15, -0.1) is 0 Å². The van der Waals surface area contributed by atoms with Crippen LogP contribution in [-0.4, -0.2) is 22.6 Å². The number of halogens is 1. The maximum atomic E-state index is 13.1. The van der Waals surface area contributed by atoms with Crippen LogP contribution in [0.3, 0.4) is 0 Å². The minimum atomic E-state index is -0.930. The van der Waals surface area contributed by atoms with Gasteiger partial charge in [0.15, 0.2) is 0 Å². The monoisotopic (exact) mass is 240 g/mol. The number of nitrogens with zero attached hydrogens (tertiary/aromatic N) is 1. The van der Waals surface area contributed by atoms with E-state index in [9.17, 15) is 9.18 Å². The SMILES string of the molecule is CCCNC(C)(CC(=O)O)c1cncc(F)c1. The highest BCUT2D eigenvalue weighted by molar-refractivity contribution is 5.68. The summed E-state index contributed by atoms with van der Waals surface area (Å²) < 4.78 is 13.1. The predicted octanol–water partition coefficient (Wildman–Crippen LogP) is 1.91. The highest BCUT2D eigenvalue weighted by atomic mass is 19.1. The lowest BCUT2D eigenvalue weighted by Crippen LogP contribution is -2.42. The van der Waals surface area contributed by atoms with Gasteiger partial charge in [0, 0.05) is 6.20 Å². The topological polar surface area (TPSA) is 62.2 Å². The number of carboxylic acid groups (broad SMARTS) is 1. The van der Waals surface area contributed by atoms with Gasteiger partial charge in [-0.3, -0.25) is 9.78 Å². The number of hydrogen-bond donors (Lipinski definition) is 2. The second-order valence-corrected chi connectivity index (χ2v) is 4.22. The van der Waals surface area contributed by atoms with Crippen LogP contribution in [0.15, 0.2) is 18.5 Å². The first-order valence-corrected chi connectivity index (χ1v) is 5.56. The van der Waals surface area contributed by atoms with Crippen LogP contribution in [0, 0.1) is 5.82 Å². The van der Waals surface area contributed by atoms with Crippen molar-refractivity contribution in [2.75, 3.05) is 6.54 Å². The number of carboxylic acids is 1. The molecule has 0 fully saturated rings. The fraction of sp³-hybridized carbons (Fsp3) is 0.500. The Bertz CT molecular complexity index is 398. The van der Waals surface area contributed by atoms with Crippen LogP contribution in [0.4, 0.5) is 4.39 Å². The summed E-state index contributed by atoms with van der Waals surface area (Å²) >= 11 is 0. The lowest BCUT2D eigenvalue weighted by Gasteiger charge is -2.29. The van der Waals surface area contributed by atoms with E-state index in [0.29, 0.717) is 12.1 Å². The van der Waals surface area contributed by atoms with Gasteiger partial charge in [-0.25, -0.2) is 4.39 Å². The minimum absolute atomic E-state index is 0.113. The second-order valence-electron chi connectivity index (χ2n) is 4.22. The summed E-state index contributed by atoms with van der Waals surface area (Å²) in [7, 11) is 0. The second kappa shape index (κ2) is 5.72. The molecule has 4 nitrogen and oxygen atoms in total. The van der Waals surface area contributed by atoms with Crippen LogP contribution in [0.2, 0.25) is 0 Å². The summed E-state index contributed by atoms with van der Waals surface area (Å²) in [5, 5.41) is 12.1. The Labute approximate surface area is 99.9 Å². The molecule has 17 heavy (non-hydrogen) atoms. The van der Waals surface area contributed by atoms with E-state index in [1.54, 1.807) is 6.92 Å². The van der Waals surface area contributed by atoms with Gasteiger partial charge in [0.2, 0.25) is 0 Å². The molecule has 0 bridgehead atoms. The average molecular weight is 240 g/mol. The normalized spacial score (nSPS) is 14.3. The molecule has 1 aromatic rings. The Kier molecular flexibility index (Phi) is 4.57. The van der Waals surface area contributed by atoms with E-state index >= 15 is 0 Å². The Morgan fingerprint density at radius 2 is 2.29 bits per heavy atom. The van der Waals surface area contributed by atoms with E-state index < -0.39 is 17.3 Å². The molecule has 1 heterocycles. The summed E-state index contributed by atoms with van der Waals surface area (Å²) in [6, 6.07) is 1.32. The number of aromatic nitrogens is 1. The molecule has 0 saturated carbocycles. The Morgan fingerprint density at radius 1 is 1.59 bits per heavy atom. The fourth-order valence-corrected chi connectivity index (χ4v) is 1.68. The zero-order chi connectivity index (χ0) is 12.9.